The Morgan fingerprint density at radius 1 is 1.00 bits per heavy atom. The summed E-state index contributed by atoms with van der Waals surface area (Å²) in [5, 5.41) is 1.40. The molecule has 0 unspecified atom stereocenters. The second-order valence-corrected chi connectivity index (χ2v) is 10.6. The number of piperazine rings is 1. The predicted molar refractivity (Wildman–Crippen MR) is 123 cm³/mol. The number of rotatable bonds is 5. The normalized spacial score (nSPS) is 16.6. The highest BCUT2D eigenvalue weighted by Gasteiger charge is 2.24. The Labute approximate surface area is 183 Å². The van der Waals surface area contributed by atoms with Crippen LogP contribution < -0.4 is 0 Å². The van der Waals surface area contributed by atoms with E-state index in [4.69, 9.17) is 11.6 Å². The first-order chi connectivity index (χ1) is 14.3. The minimum atomic E-state index is -3.72. The standard InChI is InChI=1S/C23H28ClN3O2S/c1-17(2)18-7-9-20(10-8-18)30(28,29)27-16-19(15-26-13-11-25(3)12-14-26)23-21(24)5-4-6-22(23)27/h4-10,16-17H,11-15H2,1-3H3. The van der Waals surface area contributed by atoms with Crippen LogP contribution in [0.3, 0.4) is 0 Å². The first kappa shape index (κ1) is 21.4. The molecule has 1 saturated heterocycles. The van der Waals surface area contributed by atoms with Crippen LogP contribution in [0.15, 0.2) is 53.6 Å². The lowest BCUT2D eigenvalue weighted by molar-refractivity contribution is 0.148. The van der Waals surface area contributed by atoms with Gasteiger partial charge < -0.3 is 4.90 Å². The Hall–Kier alpha value is -1.86. The van der Waals surface area contributed by atoms with Crippen molar-refractivity contribution in [2.75, 3.05) is 33.2 Å². The van der Waals surface area contributed by atoms with E-state index in [-0.39, 0.29) is 4.90 Å². The van der Waals surface area contributed by atoms with Crippen LogP contribution in [0.1, 0.15) is 30.9 Å². The third-order valence-electron chi connectivity index (χ3n) is 5.92. The van der Waals surface area contributed by atoms with Crippen molar-refractivity contribution in [2.24, 2.45) is 0 Å². The monoisotopic (exact) mass is 445 g/mol. The molecule has 0 N–H and O–H groups in total. The average Bonchev–Trinajstić information content (AvgIpc) is 3.10. The van der Waals surface area contributed by atoms with Crippen LogP contribution in [-0.4, -0.2) is 55.4 Å². The molecule has 0 bridgehead atoms. The van der Waals surface area contributed by atoms with E-state index in [0.29, 0.717) is 23.0 Å². The van der Waals surface area contributed by atoms with Gasteiger partial charge >= 0.3 is 0 Å². The molecule has 1 aliphatic rings. The summed E-state index contributed by atoms with van der Waals surface area (Å²) in [5.41, 5.74) is 2.69. The van der Waals surface area contributed by atoms with Gasteiger partial charge in [-0.15, -0.1) is 0 Å². The molecule has 5 nitrogen and oxygen atoms in total. The fraction of sp³-hybridized carbons (Fsp3) is 0.391. The van der Waals surface area contributed by atoms with Crippen molar-refractivity contribution in [2.45, 2.75) is 31.2 Å². The topological polar surface area (TPSA) is 45.6 Å². The molecule has 3 aromatic rings. The minimum Gasteiger partial charge on any atom is -0.304 e. The molecular weight excluding hydrogens is 418 g/mol. The Bertz CT molecular complexity index is 1150. The van der Waals surface area contributed by atoms with Gasteiger partial charge in [-0.1, -0.05) is 43.6 Å². The molecule has 2 aromatic carbocycles. The number of halogens is 1. The van der Waals surface area contributed by atoms with Crippen molar-refractivity contribution in [3.8, 4) is 0 Å². The molecule has 1 aromatic heterocycles. The molecule has 4 rings (SSSR count). The van der Waals surface area contributed by atoms with E-state index in [9.17, 15) is 8.42 Å². The van der Waals surface area contributed by atoms with Gasteiger partial charge in [-0.25, -0.2) is 12.4 Å². The van der Waals surface area contributed by atoms with Crippen LogP contribution >= 0.6 is 11.6 Å². The highest BCUT2D eigenvalue weighted by atomic mass is 35.5. The van der Waals surface area contributed by atoms with Gasteiger partial charge in [0.05, 0.1) is 15.4 Å². The molecule has 0 radical (unpaired) electrons. The van der Waals surface area contributed by atoms with E-state index in [0.717, 1.165) is 42.7 Å². The third kappa shape index (κ3) is 4.02. The fourth-order valence-corrected chi connectivity index (χ4v) is 5.67. The van der Waals surface area contributed by atoms with E-state index in [2.05, 4.69) is 30.7 Å². The van der Waals surface area contributed by atoms with Gasteiger partial charge in [0.25, 0.3) is 10.0 Å². The number of hydrogen-bond acceptors (Lipinski definition) is 4. The van der Waals surface area contributed by atoms with Crippen molar-refractivity contribution >= 4 is 32.5 Å². The van der Waals surface area contributed by atoms with Crippen LogP contribution in [0.4, 0.5) is 0 Å². The molecule has 1 aliphatic heterocycles. The molecule has 0 amide bonds. The summed E-state index contributed by atoms with van der Waals surface area (Å²) < 4.78 is 28.4. The van der Waals surface area contributed by atoms with E-state index in [1.807, 2.05) is 24.3 Å². The van der Waals surface area contributed by atoms with Crippen molar-refractivity contribution in [3.05, 3.63) is 64.8 Å². The molecule has 2 heterocycles. The summed E-state index contributed by atoms with van der Waals surface area (Å²) in [4.78, 5) is 4.94. The summed E-state index contributed by atoms with van der Waals surface area (Å²) in [6.07, 6.45) is 1.75. The van der Waals surface area contributed by atoms with Gasteiger partial charge in [-0.2, -0.15) is 0 Å². The number of hydrogen-bond donors (Lipinski definition) is 0. The highest BCUT2D eigenvalue weighted by Crippen LogP contribution is 2.32. The maximum absolute atomic E-state index is 13.5. The van der Waals surface area contributed by atoms with Gasteiger partial charge in [0, 0.05) is 44.3 Å². The zero-order chi connectivity index (χ0) is 21.5. The lowest BCUT2D eigenvalue weighted by Gasteiger charge is -2.32. The maximum atomic E-state index is 13.5. The Kier molecular flexibility index (Phi) is 5.95. The van der Waals surface area contributed by atoms with E-state index in [1.165, 1.54) is 3.97 Å². The molecule has 0 aliphatic carbocycles. The Morgan fingerprint density at radius 3 is 2.30 bits per heavy atom. The summed E-state index contributed by atoms with van der Waals surface area (Å²) in [7, 11) is -1.60. The van der Waals surface area contributed by atoms with E-state index in [1.54, 1.807) is 24.4 Å². The SMILES string of the molecule is CC(C)c1ccc(S(=O)(=O)n2cc(CN3CCN(C)CC3)c3c(Cl)cccc32)cc1. The maximum Gasteiger partial charge on any atom is 0.268 e. The molecular formula is C23H28ClN3O2S. The number of likely N-dealkylation sites (N-methyl/N-ethyl adjacent to an activating group) is 1. The number of aromatic nitrogens is 1. The largest absolute Gasteiger partial charge is 0.304 e. The summed E-state index contributed by atoms with van der Waals surface area (Å²) in [6, 6.07) is 12.6. The van der Waals surface area contributed by atoms with Crippen LogP contribution in [-0.2, 0) is 16.6 Å². The van der Waals surface area contributed by atoms with Crippen LogP contribution in [0.5, 0.6) is 0 Å². The molecule has 0 saturated carbocycles. The van der Waals surface area contributed by atoms with Crippen molar-refractivity contribution in [3.63, 3.8) is 0 Å². The zero-order valence-corrected chi connectivity index (χ0v) is 19.2. The molecule has 30 heavy (non-hydrogen) atoms. The van der Waals surface area contributed by atoms with Gasteiger partial charge in [-0.3, -0.25) is 4.90 Å². The molecule has 1 fully saturated rings. The molecule has 0 atom stereocenters. The molecule has 7 heteroatoms. The van der Waals surface area contributed by atoms with E-state index < -0.39 is 10.0 Å². The Balaban J connectivity index is 1.76. The average molecular weight is 446 g/mol. The lowest BCUT2D eigenvalue weighted by Crippen LogP contribution is -2.43. The summed E-state index contributed by atoms with van der Waals surface area (Å²) >= 11 is 6.53. The lowest BCUT2D eigenvalue weighted by atomic mass is 10.0. The second-order valence-electron chi connectivity index (χ2n) is 8.39. The van der Waals surface area contributed by atoms with Crippen LogP contribution in [0, 0.1) is 0 Å². The highest BCUT2D eigenvalue weighted by molar-refractivity contribution is 7.90. The number of nitrogens with zero attached hydrogens (tertiary/aromatic N) is 3. The zero-order valence-electron chi connectivity index (χ0n) is 17.7. The van der Waals surface area contributed by atoms with Gasteiger partial charge in [0.15, 0.2) is 0 Å². The minimum absolute atomic E-state index is 0.287. The van der Waals surface area contributed by atoms with Crippen molar-refractivity contribution < 1.29 is 8.42 Å². The Morgan fingerprint density at radius 2 is 1.67 bits per heavy atom. The summed E-state index contributed by atoms with van der Waals surface area (Å²) in [5.74, 6) is 0.350. The summed E-state index contributed by atoms with van der Waals surface area (Å²) in [6.45, 7) is 8.79. The predicted octanol–water partition coefficient (Wildman–Crippen LogP) is 4.40. The van der Waals surface area contributed by atoms with Gasteiger partial charge in [0.2, 0.25) is 0 Å². The second kappa shape index (κ2) is 8.35. The smallest absolute Gasteiger partial charge is 0.268 e. The first-order valence-corrected chi connectivity index (χ1v) is 12.1. The van der Waals surface area contributed by atoms with Gasteiger partial charge in [0.1, 0.15) is 0 Å². The van der Waals surface area contributed by atoms with E-state index >= 15 is 0 Å². The van der Waals surface area contributed by atoms with Crippen LogP contribution in [0.25, 0.3) is 10.9 Å². The quantitative estimate of drug-likeness (QED) is 0.583. The third-order valence-corrected chi connectivity index (χ3v) is 7.92. The van der Waals surface area contributed by atoms with Crippen molar-refractivity contribution in [1.82, 2.24) is 13.8 Å². The number of fused-ring (bicyclic) bond motifs is 1. The van der Waals surface area contributed by atoms with Crippen molar-refractivity contribution in [1.29, 1.82) is 0 Å². The number of benzene rings is 2. The van der Waals surface area contributed by atoms with Crippen LogP contribution in [0.2, 0.25) is 5.02 Å². The van der Waals surface area contributed by atoms with Gasteiger partial charge in [-0.05, 0) is 48.4 Å². The fourth-order valence-electron chi connectivity index (χ4n) is 3.99. The first-order valence-electron chi connectivity index (χ1n) is 10.3. The molecule has 160 valence electrons. The molecule has 0 spiro atoms.